The molecule has 0 unspecified atom stereocenters. The third kappa shape index (κ3) is 1.14. The SMILES string of the molecule is Cn1ncc(-c2n[nH]c(=S)o2)n1. The van der Waals surface area contributed by atoms with Crippen LogP contribution in [0.4, 0.5) is 0 Å². The summed E-state index contributed by atoms with van der Waals surface area (Å²) in [5, 5.41) is 14.1. The van der Waals surface area contributed by atoms with Gasteiger partial charge < -0.3 is 4.42 Å². The lowest BCUT2D eigenvalue weighted by Crippen LogP contribution is -1.91. The molecule has 0 aliphatic heterocycles. The summed E-state index contributed by atoms with van der Waals surface area (Å²) >= 11 is 4.70. The number of nitrogens with zero attached hydrogens (tertiary/aromatic N) is 4. The maximum absolute atomic E-state index is 5.02. The lowest BCUT2D eigenvalue weighted by molar-refractivity contribution is 0.547. The van der Waals surface area contributed by atoms with Crippen LogP contribution in [0, 0.1) is 4.84 Å². The molecule has 0 saturated carbocycles. The van der Waals surface area contributed by atoms with Crippen LogP contribution in [0.3, 0.4) is 0 Å². The molecule has 0 aliphatic carbocycles. The second kappa shape index (κ2) is 2.52. The molecule has 2 rings (SSSR count). The van der Waals surface area contributed by atoms with Crippen molar-refractivity contribution in [2.24, 2.45) is 7.05 Å². The fourth-order valence-electron chi connectivity index (χ4n) is 0.783. The Balaban J connectivity index is 2.50. The molecular formula is C5H5N5OS. The average Bonchev–Trinajstić information content (AvgIpc) is 2.58. The molecule has 0 aliphatic rings. The third-order valence-electron chi connectivity index (χ3n) is 1.26. The summed E-state index contributed by atoms with van der Waals surface area (Å²) in [5.74, 6) is 0.355. The molecule has 2 heterocycles. The maximum Gasteiger partial charge on any atom is 0.284 e. The minimum absolute atomic E-state index is 0.232. The first kappa shape index (κ1) is 7.17. The van der Waals surface area contributed by atoms with Crippen molar-refractivity contribution >= 4 is 12.2 Å². The number of aromatic nitrogens is 5. The number of hydrogen-bond acceptors (Lipinski definition) is 5. The van der Waals surface area contributed by atoms with Gasteiger partial charge in [0.25, 0.3) is 10.7 Å². The molecule has 62 valence electrons. The van der Waals surface area contributed by atoms with E-state index in [1.165, 1.54) is 4.80 Å². The Kier molecular flexibility index (Phi) is 1.51. The van der Waals surface area contributed by atoms with Crippen molar-refractivity contribution in [1.29, 1.82) is 0 Å². The first-order valence-electron chi connectivity index (χ1n) is 3.18. The van der Waals surface area contributed by atoms with Gasteiger partial charge in [-0.1, -0.05) is 0 Å². The Bertz CT molecular complexity index is 440. The Morgan fingerprint density at radius 2 is 2.50 bits per heavy atom. The Morgan fingerprint density at radius 3 is 3.00 bits per heavy atom. The van der Waals surface area contributed by atoms with Gasteiger partial charge in [-0.25, -0.2) is 5.10 Å². The van der Waals surface area contributed by atoms with E-state index in [-0.39, 0.29) is 4.84 Å². The minimum atomic E-state index is 0.232. The van der Waals surface area contributed by atoms with E-state index in [4.69, 9.17) is 16.6 Å². The Morgan fingerprint density at radius 1 is 1.67 bits per heavy atom. The zero-order valence-electron chi connectivity index (χ0n) is 6.18. The van der Waals surface area contributed by atoms with Crippen LogP contribution < -0.4 is 0 Å². The lowest BCUT2D eigenvalue weighted by Gasteiger charge is -1.82. The molecule has 0 radical (unpaired) electrons. The van der Waals surface area contributed by atoms with Gasteiger partial charge in [0.15, 0.2) is 5.69 Å². The van der Waals surface area contributed by atoms with Gasteiger partial charge in [-0.3, -0.25) is 0 Å². The minimum Gasteiger partial charge on any atom is -0.408 e. The van der Waals surface area contributed by atoms with Crippen molar-refractivity contribution in [2.75, 3.05) is 0 Å². The standard InChI is InChI=1S/C5H5N5OS/c1-10-6-2-3(9-10)4-7-8-5(12)11-4/h2H,1H3,(H,8,12). The normalized spacial score (nSPS) is 10.4. The van der Waals surface area contributed by atoms with Gasteiger partial charge >= 0.3 is 0 Å². The highest BCUT2D eigenvalue weighted by Crippen LogP contribution is 2.10. The predicted molar refractivity (Wildman–Crippen MR) is 41.7 cm³/mol. The highest BCUT2D eigenvalue weighted by Gasteiger charge is 2.06. The molecule has 0 bridgehead atoms. The highest BCUT2D eigenvalue weighted by atomic mass is 32.1. The van der Waals surface area contributed by atoms with E-state index < -0.39 is 0 Å². The number of hydrogen-bond donors (Lipinski definition) is 1. The maximum atomic E-state index is 5.02. The van der Waals surface area contributed by atoms with Gasteiger partial charge in [0, 0.05) is 7.05 Å². The fraction of sp³-hybridized carbons (Fsp3) is 0.200. The van der Waals surface area contributed by atoms with Crippen LogP contribution in [-0.4, -0.2) is 25.2 Å². The zero-order chi connectivity index (χ0) is 8.55. The van der Waals surface area contributed by atoms with Crippen molar-refractivity contribution in [2.45, 2.75) is 0 Å². The second-order valence-corrected chi connectivity index (χ2v) is 2.51. The van der Waals surface area contributed by atoms with Crippen molar-refractivity contribution in [3.63, 3.8) is 0 Å². The summed E-state index contributed by atoms with van der Waals surface area (Å²) in [6.07, 6.45) is 1.55. The molecule has 0 atom stereocenters. The monoisotopic (exact) mass is 183 g/mol. The number of H-pyrrole nitrogens is 1. The smallest absolute Gasteiger partial charge is 0.284 e. The van der Waals surface area contributed by atoms with Crippen LogP contribution in [0.15, 0.2) is 10.6 Å². The Labute approximate surface area is 72.2 Å². The summed E-state index contributed by atoms with van der Waals surface area (Å²) in [6, 6.07) is 0. The molecular weight excluding hydrogens is 178 g/mol. The van der Waals surface area contributed by atoms with Crippen LogP contribution >= 0.6 is 12.2 Å². The quantitative estimate of drug-likeness (QED) is 0.653. The summed E-state index contributed by atoms with van der Waals surface area (Å²) < 4.78 is 5.02. The summed E-state index contributed by atoms with van der Waals surface area (Å²) in [4.78, 5) is 1.65. The van der Waals surface area contributed by atoms with Crippen molar-refractivity contribution in [1.82, 2.24) is 25.2 Å². The largest absolute Gasteiger partial charge is 0.408 e. The highest BCUT2D eigenvalue weighted by molar-refractivity contribution is 7.71. The van der Waals surface area contributed by atoms with Crippen molar-refractivity contribution in [3.05, 3.63) is 11.0 Å². The number of aromatic amines is 1. The second-order valence-electron chi connectivity index (χ2n) is 2.14. The van der Waals surface area contributed by atoms with Gasteiger partial charge in [-0.15, -0.1) is 10.2 Å². The van der Waals surface area contributed by atoms with Crippen LogP contribution in [0.5, 0.6) is 0 Å². The van der Waals surface area contributed by atoms with Crippen LogP contribution in [-0.2, 0) is 7.05 Å². The molecule has 0 aromatic carbocycles. The van der Waals surface area contributed by atoms with Crippen molar-refractivity contribution in [3.8, 4) is 11.6 Å². The summed E-state index contributed by atoms with van der Waals surface area (Å²) in [6.45, 7) is 0. The van der Waals surface area contributed by atoms with E-state index >= 15 is 0 Å². The van der Waals surface area contributed by atoms with Gasteiger partial charge in [0.1, 0.15) is 0 Å². The first-order chi connectivity index (χ1) is 5.75. The molecule has 7 heteroatoms. The molecule has 12 heavy (non-hydrogen) atoms. The van der Waals surface area contributed by atoms with Crippen LogP contribution in [0.2, 0.25) is 0 Å². The van der Waals surface area contributed by atoms with Gasteiger partial charge in [-0.2, -0.15) is 9.90 Å². The van der Waals surface area contributed by atoms with Crippen LogP contribution in [0.1, 0.15) is 0 Å². The molecule has 0 fully saturated rings. The number of nitrogens with one attached hydrogen (secondary N) is 1. The van der Waals surface area contributed by atoms with Gasteiger partial charge in [0.2, 0.25) is 0 Å². The fourth-order valence-corrected chi connectivity index (χ4v) is 0.908. The molecule has 6 nitrogen and oxygen atoms in total. The third-order valence-corrected chi connectivity index (χ3v) is 1.43. The van der Waals surface area contributed by atoms with E-state index in [0.717, 1.165) is 0 Å². The van der Waals surface area contributed by atoms with Gasteiger partial charge in [-0.05, 0) is 12.2 Å². The molecule has 0 amide bonds. The Hall–Kier alpha value is -1.50. The van der Waals surface area contributed by atoms with E-state index in [1.54, 1.807) is 13.2 Å². The average molecular weight is 183 g/mol. The topological polar surface area (TPSA) is 72.5 Å². The summed E-state index contributed by atoms with van der Waals surface area (Å²) in [5.41, 5.74) is 0.560. The number of rotatable bonds is 1. The van der Waals surface area contributed by atoms with E-state index in [2.05, 4.69) is 20.4 Å². The zero-order valence-corrected chi connectivity index (χ0v) is 7.00. The van der Waals surface area contributed by atoms with Gasteiger partial charge in [0.05, 0.1) is 6.20 Å². The first-order valence-corrected chi connectivity index (χ1v) is 3.59. The van der Waals surface area contributed by atoms with Crippen LogP contribution in [0.25, 0.3) is 11.6 Å². The molecule has 1 N–H and O–H groups in total. The summed E-state index contributed by atoms with van der Waals surface area (Å²) in [7, 11) is 1.71. The molecule has 2 aromatic heterocycles. The van der Waals surface area contributed by atoms with E-state index in [9.17, 15) is 0 Å². The number of aryl methyl sites for hydroxylation is 1. The van der Waals surface area contributed by atoms with Crippen molar-refractivity contribution < 1.29 is 4.42 Å². The molecule has 0 spiro atoms. The predicted octanol–water partition coefficient (Wildman–Crippen LogP) is 0.528. The van der Waals surface area contributed by atoms with E-state index in [1.807, 2.05) is 0 Å². The lowest BCUT2D eigenvalue weighted by atomic mass is 10.5. The molecule has 0 saturated heterocycles. The van der Waals surface area contributed by atoms with E-state index in [0.29, 0.717) is 11.6 Å². The molecule has 2 aromatic rings.